The quantitative estimate of drug-likeness (QED) is 0.339. The Morgan fingerprint density at radius 2 is 1.68 bits per heavy atom. The van der Waals surface area contributed by atoms with Crippen LogP contribution in [0.3, 0.4) is 0 Å². The van der Waals surface area contributed by atoms with Crippen molar-refractivity contribution in [2.45, 2.75) is 11.4 Å². The zero-order chi connectivity index (χ0) is 24.3. The van der Waals surface area contributed by atoms with Gasteiger partial charge in [-0.25, -0.2) is 4.39 Å². The van der Waals surface area contributed by atoms with Crippen molar-refractivity contribution in [2.75, 3.05) is 7.11 Å². The molecule has 1 aliphatic rings. The van der Waals surface area contributed by atoms with Gasteiger partial charge < -0.3 is 8.92 Å². The van der Waals surface area contributed by atoms with Gasteiger partial charge in [-0.05, 0) is 65.4 Å². The molecule has 0 atom stereocenters. The van der Waals surface area contributed by atoms with Gasteiger partial charge in [0.25, 0.3) is 11.1 Å². The van der Waals surface area contributed by atoms with Crippen LogP contribution in [0.2, 0.25) is 0 Å². The van der Waals surface area contributed by atoms with E-state index in [4.69, 9.17) is 8.92 Å². The molecule has 3 aromatic carbocycles. The largest absolute Gasteiger partial charge is 0.493 e. The average Bonchev–Trinajstić information content (AvgIpc) is 3.08. The highest BCUT2D eigenvalue weighted by Gasteiger charge is 2.35. The van der Waals surface area contributed by atoms with Crippen LogP contribution in [0.15, 0.2) is 82.6 Å². The molecule has 0 bridgehead atoms. The van der Waals surface area contributed by atoms with E-state index in [9.17, 15) is 22.4 Å². The molecule has 1 fully saturated rings. The summed E-state index contributed by atoms with van der Waals surface area (Å²) in [4.78, 5) is 26.4. The Labute approximate surface area is 199 Å². The predicted octanol–water partition coefficient (Wildman–Crippen LogP) is 4.84. The summed E-state index contributed by atoms with van der Waals surface area (Å²) in [6, 6.07) is 17.7. The topological polar surface area (TPSA) is 90.0 Å². The van der Waals surface area contributed by atoms with Crippen molar-refractivity contribution in [2.24, 2.45) is 0 Å². The molecule has 7 nitrogen and oxygen atoms in total. The standard InChI is InChI=1S/C24H18FNO6S2/c1-31-20-12-9-17(13-21(20)32-34(29,30)19-5-3-2-4-6-19)14-22-23(27)26(24(28)33-22)15-16-7-10-18(25)11-8-16/h2-14H,15H2,1H3/b22-14-. The van der Waals surface area contributed by atoms with Gasteiger partial charge in [0.05, 0.1) is 18.6 Å². The summed E-state index contributed by atoms with van der Waals surface area (Å²) >= 11 is 0.759. The van der Waals surface area contributed by atoms with Crippen molar-refractivity contribution < 1.29 is 31.3 Å². The van der Waals surface area contributed by atoms with Gasteiger partial charge in [0.15, 0.2) is 11.5 Å². The Kier molecular flexibility index (Phi) is 6.71. The van der Waals surface area contributed by atoms with Crippen LogP contribution in [-0.4, -0.2) is 31.6 Å². The normalized spacial score (nSPS) is 15.1. The molecular formula is C24H18FNO6S2. The van der Waals surface area contributed by atoms with Crippen LogP contribution in [0, 0.1) is 5.82 Å². The van der Waals surface area contributed by atoms with E-state index >= 15 is 0 Å². The zero-order valence-electron chi connectivity index (χ0n) is 17.8. The smallest absolute Gasteiger partial charge is 0.339 e. The molecule has 0 aromatic heterocycles. The lowest BCUT2D eigenvalue weighted by Crippen LogP contribution is -2.27. The van der Waals surface area contributed by atoms with Crippen LogP contribution in [-0.2, 0) is 21.5 Å². The number of methoxy groups -OCH3 is 1. The summed E-state index contributed by atoms with van der Waals surface area (Å²) < 4.78 is 48.9. The molecule has 4 rings (SSSR count). The first-order valence-corrected chi connectivity index (χ1v) is 12.2. The molecule has 2 amide bonds. The summed E-state index contributed by atoms with van der Waals surface area (Å²) in [6.07, 6.45) is 1.47. The number of amides is 2. The Morgan fingerprint density at radius 3 is 2.35 bits per heavy atom. The molecule has 0 radical (unpaired) electrons. The Hall–Kier alpha value is -3.63. The third kappa shape index (κ3) is 5.13. The van der Waals surface area contributed by atoms with Gasteiger partial charge in [0.1, 0.15) is 10.7 Å². The van der Waals surface area contributed by atoms with Crippen molar-refractivity contribution in [3.8, 4) is 11.5 Å². The van der Waals surface area contributed by atoms with Gasteiger partial charge in [0, 0.05) is 0 Å². The number of rotatable bonds is 7. The summed E-state index contributed by atoms with van der Waals surface area (Å²) in [6.45, 7) is 0.00851. The Balaban J connectivity index is 1.59. The van der Waals surface area contributed by atoms with Crippen molar-refractivity contribution in [1.29, 1.82) is 0 Å². The molecular weight excluding hydrogens is 481 g/mol. The molecule has 10 heteroatoms. The van der Waals surface area contributed by atoms with Crippen molar-refractivity contribution >= 4 is 39.1 Å². The SMILES string of the molecule is COc1ccc(/C=C2\SC(=O)N(Cc3ccc(F)cc3)C2=O)cc1OS(=O)(=O)c1ccccc1. The van der Waals surface area contributed by atoms with Crippen LogP contribution in [0.25, 0.3) is 6.08 Å². The minimum atomic E-state index is -4.12. The summed E-state index contributed by atoms with van der Waals surface area (Å²) in [5.74, 6) is -0.800. The van der Waals surface area contributed by atoms with E-state index in [0.29, 0.717) is 11.1 Å². The van der Waals surface area contributed by atoms with Crippen LogP contribution in [0.5, 0.6) is 11.5 Å². The van der Waals surface area contributed by atoms with Crippen molar-refractivity contribution in [1.82, 2.24) is 4.90 Å². The fourth-order valence-corrected chi connectivity index (χ4v) is 4.95. The highest BCUT2D eigenvalue weighted by Crippen LogP contribution is 2.36. The minimum Gasteiger partial charge on any atom is -0.493 e. The van der Waals surface area contributed by atoms with E-state index in [1.165, 1.54) is 61.7 Å². The summed E-state index contributed by atoms with van der Waals surface area (Å²) in [7, 11) is -2.74. The number of benzene rings is 3. The Morgan fingerprint density at radius 1 is 0.971 bits per heavy atom. The van der Waals surface area contributed by atoms with Crippen LogP contribution in [0.4, 0.5) is 9.18 Å². The monoisotopic (exact) mass is 499 g/mol. The van der Waals surface area contributed by atoms with E-state index in [1.807, 2.05) is 0 Å². The van der Waals surface area contributed by atoms with Crippen molar-refractivity contribution in [3.63, 3.8) is 0 Å². The van der Waals surface area contributed by atoms with E-state index in [2.05, 4.69) is 0 Å². The molecule has 1 saturated heterocycles. The number of halogens is 1. The summed E-state index contributed by atoms with van der Waals surface area (Å²) in [5, 5.41) is -0.461. The maximum atomic E-state index is 13.1. The number of hydrogen-bond acceptors (Lipinski definition) is 7. The van der Waals surface area contributed by atoms with E-state index in [-0.39, 0.29) is 27.8 Å². The molecule has 0 spiro atoms. The predicted molar refractivity (Wildman–Crippen MR) is 125 cm³/mol. The molecule has 0 unspecified atom stereocenters. The van der Waals surface area contributed by atoms with Gasteiger partial charge in [-0.15, -0.1) is 0 Å². The van der Waals surface area contributed by atoms with Gasteiger partial charge in [0.2, 0.25) is 0 Å². The van der Waals surface area contributed by atoms with Crippen LogP contribution in [0.1, 0.15) is 11.1 Å². The number of nitrogens with zero attached hydrogens (tertiary/aromatic N) is 1. The lowest BCUT2D eigenvalue weighted by molar-refractivity contribution is -0.123. The molecule has 1 aliphatic heterocycles. The second-order valence-electron chi connectivity index (χ2n) is 7.16. The number of ether oxygens (including phenoxy) is 1. The highest BCUT2D eigenvalue weighted by atomic mass is 32.2. The van der Waals surface area contributed by atoms with Crippen molar-refractivity contribution in [3.05, 3.63) is 94.6 Å². The number of carbonyl (C=O) groups excluding carboxylic acids is 2. The fourth-order valence-electron chi connectivity index (χ4n) is 3.16. The number of imide groups is 1. The molecule has 3 aromatic rings. The number of carbonyl (C=O) groups is 2. The van der Waals surface area contributed by atoms with Gasteiger partial charge in [-0.1, -0.05) is 36.4 Å². The molecule has 0 saturated carbocycles. The first kappa shape index (κ1) is 23.5. The first-order chi connectivity index (χ1) is 16.3. The third-order valence-electron chi connectivity index (χ3n) is 4.84. The molecule has 1 heterocycles. The molecule has 174 valence electrons. The van der Waals surface area contributed by atoms with E-state index < -0.39 is 27.1 Å². The lowest BCUT2D eigenvalue weighted by atomic mass is 10.1. The third-order valence-corrected chi connectivity index (χ3v) is 7.00. The lowest BCUT2D eigenvalue weighted by Gasteiger charge is -2.12. The zero-order valence-corrected chi connectivity index (χ0v) is 19.4. The van der Waals surface area contributed by atoms with Gasteiger partial charge in [-0.2, -0.15) is 8.42 Å². The minimum absolute atomic E-state index is 0.00851. The van der Waals surface area contributed by atoms with Crippen LogP contribution >= 0.6 is 11.8 Å². The fraction of sp³-hybridized carbons (Fsp3) is 0.0833. The van der Waals surface area contributed by atoms with E-state index in [0.717, 1.165) is 16.7 Å². The molecule has 34 heavy (non-hydrogen) atoms. The summed E-state index contributed by atoms with van der Waals surface area (Å²) in [5.41, 5.74) is 1.04. The first-order valence-electron chi connectivity index (χ1n) is 9.94. The second kappa shape index (κ2) is 9.70. The van der Waals surface area contributed by atoms with Gasteiger partial charge >= 0.3 is 10.1 Å². The Bertz CT molecular complexity index is 1370. The molecule has 0 aliphatic carbocycles. The van der Waals surface area contributed by atoms with Crippen LogP contribution < -0.4 is 8.92 Å². The number of thioether (sulfide) groups is 1. The second-order valence-corrected chi connectivity index (χ2v) is 9.69. The maximum absolute atomic E-state index is 13.1. The number of hydrogen-bond donors (Lipinski definition) is 0. The molecule has 0 N–H and O–H groups in total. The average molecular weight is 500 g/mol. The maximum Gasteiger partial charge on any atom is 0.339 e. The highest BCUT2D eigenvalue weighted by molar-refractivity contribution is 8.18. The van der Waals surface area contributed by atoms with E-state index in [1.54, 1.807) is 24.3 Å². The van der Waals surface area contributed by atoms with Gasteiger partial charge in [-0.3, -0.25) is 14.5 Å².